The Morgan fingerprint density at radius 2 is 2.36 bits per heavy atom. The molecule has 2 aromatic rings. The van der Waals surface area contributed by atoms with Crippen molar-refractivity contribution < 1.29 is 0 Å². The van der Waals surface area contributed by atoms with E-state index in [2.05, 4.69) is 26.0 Å². The van der Waals surface area contributed by atoms with Crippen LogP contribution in [0.5, 0.6) is 0 Å². The van der Waals surface area contributed by atoms with Gasteiger partial charge in [0.15, 0.2) is 5.65 Å². The van der Waals surface area contributed by atoms with E-state index in [1.54, 1.807) is 10.7 Å². The third-order valence-corrected chi connectivity index (χ3v) is 2.03. The molecule has 0 unspecified atom stereocenters. The van der Waals surface area contributed by atoms with Crippen molar-refractivity contribution in [1.29, 1.82) is 0 Å². The lowest BCUT2D eigenvalue weighted by Gasteiger charge is -1.92. The van der Waals surface area contributed by atoms with Crippen molar-refractivity contribution in [3.8, 4) is 0 Å². The first-order chi connectivity index (χ1) is 5.27. The van der Waals surface area contributed by atoms with Gasteiger partial charge >= 0.3 is 0 Å². The summed E-state index contributed by atoms with van der Waals surface area (Å²) in [6, 6.07) is 3.80. The smallest absolute Gasteiger partial charge is 0.156 e. The highest BCUT2D eigenvalue weighted by molar-refractivity contribution is 9.10. The van der Waals surface area contributed by atoms with Crippen molar-refractivity contribution in [2.45, 2.75) is 6.92 Å². The Bertz CT molecular complexity index is 393. The molecule has 0 aliphatic carbocycles. The molecule has 4 heteroatoms. The highest BCUT2D eigenvalue weighted by Gasteiger charge is 1.99. The molecule has 0 saturated heterocycles. The van der Waals surface area contributed by atoms with Crippen LogP contribution < -0.4 is 0 Å². The Morgan fingerprint density at radius 3 is 3.09 bits per heavy atom. The van der Waals surface area contributed by atoms with Crippen LogP contribution in [0.3, 0.4) is 0 Å². The predicted molar refractivity (Wildman–Crippen MR) is 45.4 cm³/mol. The first-order valence-corrected chi connectivity index (χ1v) is 4.03. The van der Waals surface area contributed by atoms with E-state index in [0.717, 1.165) is 15.9 Å². The van der Waals surface area contributed by atoms with Gasteiger partial charge in [0.05, 0.1) is 5.69 Å². The van der Waals surface area contributed by atoms with Gasteiger partial charge in [-0.2, -0.15) is 5.10 Å². The molecule has 2 rings (SSSR count). The summed E-state index contributed by atoms with van der Waals surface area (Å²) in [4.78, 5) is 4.13. The van der Waals surface area contributed by atoms with Crippen LogP contribution in [0.4, 0.5) is 0 Å². The SMILES string of the molecule is Cc1cc2nccc(Br)n2n1. The fraction of sp³-hybridized carbons (Fsp3) is 0.143. The highest BCUT2D eigenvalue weighted by atomic mass is 79.9. The Labute approximate surface area is 72.2 Å². The standard InChI is InChI=1S/C7H6BrN3/c1-5-4-7-9-3-2-6(8)11(7)10-5/h2-4H,1H3. The summed E-state index contributed by atoms with van der Waals surface area (Å²) in [6.07, 6.45) is 1.75. The van der Waals surface area contributed by atoms with Crippen LogP contribution in [0.2, 0.25) is 0 Å². The summed E-state index contributed by atoms with van der Waals surface area (Å²) >= 11 is 3.37. The number of hydrogen-bond acceptors (Lipinski definition) is 2. The minimum atomic E-state index is 0.872. The van der Waals surface area contributed by atoms with E-state index in [9.17, 15) is 0 Å². The van der Waals surface area contributed by atoms with Crippen molar-refractivity contribution >= 4 is 21.6 Å². The van der Waals surface area contributed by atoms with Gasteiger partial charge in [-0.25, -0.2) is 9.50 Å². The fourth-order valence-electron chi connectivity index (χ4n) is 0.981. The van der Waals surface area contributed by atoms with E-state index in [0.29, 0.717) is 0 Å². The van der Waals surface area contributed by atoms with Gasteiger partial charge in [-0.1, -0.05) is 0 Å². The molecule has 0 aliphatic heterocycles. The molecule has 0 fully saturated rings. The maximum absolute atomic E-state index is 4.22. The molecule has 2 heterocycles. The lowest BCUT2D eigenvalue weighted by molar-refractivity contribution is 0.894. The van der Waals surface area contributed by atoms with Gasteiger partial charge in [-0.3, -0.25) is 0 Å². The topological polar surface area (TPSA) is 30.2 Å². The molecule has 0 radical (unpaired) electrons. The second kappa shape index (κ2) is 2.30. The summed E-state index contributed by atoms with van der Waals surface area (Å²) in [7, 11) is 0. The molecule has 0 aromatic carbocycles. The minimum absolute atomic E-state index is 0.872. The first-order valence-electron chi connectivity index (χ1n) is 3.24. The van der Waals surface area contributed by atoms with Gasteiger partial charge in [-0.15, -0.1) is 0 Å². The maximum Gasteiger partial charge on any atom is 0.156 e. The third-order valence-electron chi connectivity index (χ3n) is 1.43. The summed E-state index contributed by atoms with van der Waals surface area (Å²) in [6.45, 7) is 1.95. The van der Waals surface area contributed by atoms with Crippen LogP contribution in [-0.4, -0.2) is 14.6 Å². The maximum atomic E-state index is 4.22. The lowest BCUT2D eigenvalue weighted by Crippen LogP contribution is -1.90. The molecule has 0 amide bonds. The molecule has 2 aromatic heterocycles. The fourth-order valence-corrected chi connectivity index (χ4v) is 1.36. The van der Waals surface area contributed by atoms with E-state index < -0.39 is 0 Å². The molecule has 3 nitrogen and oxygen atoms in total. The lowest BCUT2D eigenvalue weighted by atomic mass is 10.5. The van der Waals surface area contributed by atoms with Gasteiger partial charge in [0.1, 0.15) is 4.60 Å². The monoisotopic (exact) mass is 211 g/mol. The van der Waals surface area contributed by atoms with Crippen molar-refractivity contribution in [1.82, 2.24) is 14.6 Å². The minimum Gasteiger partial charge on any atom is -0.237 e. The molecule has 0 spiro atoms. The second-order valence-electron chi connectivity index (χ2n) is 2.32. The van der Waals surface area contributed by atoms with E-state index in [4.69, 9.17) is 0 Å². The van der Waals surface area contributed by atoms with E-state index in [-0.39, 0.29) is 0 Å². The third kappa shape index (κ3) is 1.03. The molecular weight excluding hydrogens is 206 g/mol. The normalized spacial score (nSPS) is 10.7. The number of hydrogen-bond donors (Lipinski definition) is 0. The second-order valence-corrected chi connectivity index (χ2v) is 3.14. The predicted octanol–water partition coefficient (Wildman–Crippen LogP) is 1.80. The Hall–Kier alpha value is -0.900. The Kier molecular flexibility index (Phi) is 1.42. The largest absolute Gasteiger partial charge is 0.237 e. The molecular formula is C7H6BrN3. The van der Waals surface area contributed by atoms with Crippen LogP contribution in [-0.2, 0) is 0 Å². The summed E-state index contributed by atoms with van der Waals surface area (Å²) < 4.78 is 2.69. The summed E-state index contributed by atoms with van der Waals surface area (Å²) in [5.74, 6) is 0. The zero-order valence-corrected chi connectivity index (χ0v) is 7.54. The van der Waals surface area contributed by atoms with Crippen molar-refractivity contribution in [2.24, 2.45) is 0 Å². The van der Waals surface area contributed by atoms with Gasteiger partial charge in [-0.05, 0) is 28.9 Å². The highest BCUT2D eigenvalue weighted by Crippen LogP contribution is 2.10. The van der Waals surface area contributed by atoms with Gasteiger partial charge < -0.3 is 0 Å². The number of halogens is 1. The molecule has 0 aliphatic rings. The molecule has 56 valence electrons. The van der Waals surface area contributed by atoms with Gasteiger partial charge in [0, 0.05) is 12.3 Å². The molecule has 0 saturated carbocycles. The molecule has 11 heavy (non-hydrogen) atoms. The van der Waals surface area contributed by atoms with E-state index in [1.165, 1.54) is 0 Å². The van der Waals surface area contributed by atoms with E-state index in [1.807, 2.05) is 19.1 Å². The Balaban J connectivity index is 2.90. The Morgan fingerprint density at radius 1 is 1.55 bits per heavy atom. The summed E-state index contributed by atoms with van der Waals surface area (Å²) in [5.41, 5.74) is 1.85. The average molecular weight is 212 g/mol. The van der Waals surface area contributed by atoms with Crippen LogP contribution in [0.25, 0.3) is 5.65 Å². The van der Waals surface area contributed by atoms with Crippen LogP contribution >= 0.6 is 15.9 Å². The van der Waals surface area contributed by atoms with Crippen LogP contribution in [0, 0.1) is 6.92 Å². The zero-order valence-electron chi connectivity index (χ0n) is 5.95. The summed E-state index contributed by atoms with van der Waals surface area (Å²) in [5, 5.41) is 4.22. The van der Waals surface area contributed by atoms with Gasteiger partial charge in [0.2, 0.25) is 0 Å². The molecule has 0 bridgehead atoms. The molecule has 0 atom stereocenters. The van der Waals surface area contributed by atoms with Gasteiger partial charge in [0.25, 0.3) is 0 Å². The van der Waals surface area contributed by atoms with Crippen molar-refractivity contribution in [3.05, 3.63) is 28.6 Å². The number of aromatic nitrogens is 3. The van der Waals surface area contributed by atoms with Crippen LogP contribution in [0.1, 0.15) is 5.69 Å². The average Bonchev–Trinajstić information content (AvgIpc) is 2.31. The number of nitrogens with zero attached hydrogens (tertiary/aromatic N) is 3. The van der Waals surface area contributed by atoms with Crippen molar-refractivity contribution in [2.75, 3.05) is 0 Å². The molecule has 0 N–H and O–H groups in total. The first kappa shape index (κ1) is 6.79. The number of aryl methyl sites for hydroxylation is 1. The number of fused-ring (bicyclic) bond motifs is 1. The van der Waals surface area contributed by atoms with Crippen molar-refractivity contribution in [3.63, 3.8) is 0 Å². The zero-order chi connectivity index (χ0) is 7.84. The van der Waals surface area contributed by atoms with Crippen LogP contribution in [0.15, 0.2) is 22.9 Å². The quantitative estimate of drug-likeness (QED) is 0.623. The number of rotatable bonds is 0. The van der Waals surface area contributed by atoms with E-state index >= 15 is 0 Å².